The maximum atomic E-state index is 5.38. The fourth-order valence-electron chi connectivity index (χ4n) is 1.60. The van der Waals surface area contributed by atoms with Gasteiger partial charge in [-0.25, -0.2) is 0 Å². The second-order valence-corrected chi connectivity index (χ2v) is 3.09. The van der Waals surface area contributed by atoms with E-state index in [0.717, 1.165) is 28.5 Å². The number of rotatable bonds is 2. The molecule has 0 saturated carbocycles. The van der Waals surface area contributed by atoms with Gasteiger partial charge in [0.2, 0.25) is 6.79 Å². The lowest BCUT2D eigenvalue weighted by Gasteiger charge is -2.12. The lowest BCUT2D eigenvalue weighted by atomic mass is 10.1. The van der Waals surface area contributed by atoms with Crippen LogP contribution < -0.4 is 19.5 Å². The summed E-state index contributed by atoms with van der Waals surface area (Å²) in [6, 6.07) is 1.93. The Bertz CT molecular complexity index is 363. The van der Waals surface area contributed by atoms with Crippen LogP contribution >= 0.6 is 0 Å². The maximum Gasteiger partial charge on any atom is 0.231 e. The molecule has 1 N–H and O–H groups in total. The summed E-state index contributed by atoms with van der Waals surface area (Å²) < 4.78 is 16.0. The first-order valence-electron chi connectivity index (χ1n) is 4.43. The van der Waals surface area contributed by atoms with Crippen LogP contribution in [-0.4, -0.2) is 21.0 Å². The van der Waals surface area contributed by atoms with Crippen LogP contribution in [0.15, 0.2) is 6.07 Å². The molecule has 1 aliphatic rings. The van der Waals surface area contributed by atoms with Gasteiger partial charge in [0.15, 0.2) is 11.5 Å². The summed E-state index contributed by atoms with van der Waals surface area (Å²) >= 11 is 0. The Morgan fingerprint density at radius 1 is 1.36 bits per heavy atom. The Morgan fingerprint density at radius 3 is 2.71 bits per heavy atom. The van der Waals surface area contributed by atoms with E-state index in [1.54, 1.807) is 7.11 Å². The number of nitrogens with one attached hydrogen (secondary N) is 1. The van der Waals surface area contributed by atoms with Crippen LogP contribution in [0.4, 0.5) is 5.69 Å². The van der Waals surface area contributed by atoms with Gasteiger partial charge in [-0.15, -0.1) is 0 Å². The molecule has 0 saturated heterocycles. The van der Waals surface area contributed by atoms with Gasteiger partial charge >= 0.3 is 0 Å². The third-order valence-corrected chi connectivity index (χ3v) is 2.26. The van der Waals surface area contributed by atoms with Crippen molar-refractivity contribution >= 4 is 5.69 Å². The number of benzene rings is 1. The van der Waals surface area contributed by atoms with Crippen molar-refractivity contribution in [3.8, 4) is 17.2 Å². The topological polar surface area (TPSA) is 39.7 Å². The van der Waals surface area contributed by atoms with Gasteiger partial charge in [0, 0.05) is 7.05 Å². The molecule has 1 aromatic rings. The van der Waals surface area contributed by atoms with E-state index in [1.807, 2.05) is 20.0 Å². The van der Waals surface area contributed by atoms with Crippen LogP contribution in [0.1, 0.15) is 5.56 Å². The zero-order valence-electron chi connectivity index (χ0n) is 8.51. The second kappa shape index (κ2) is 3.29. The van der Waals surface area contributed by atoms with Gasteiger partial charge in [0.25, 0.3) is 0 Å². The number of fused-ring (bicyclic) bond motifs is 1. The van der Waals surface area contributed by atoms with E-state index in [1.165, 1.54) is 0 Å². The van der Waals surface area contributed by atoms with E-state index in [2.05, 4.69) is 5.32 Å². The zero-order valence-corrected chi connectivity index (χ0v) is 8.51. The first-order valence-corrected chi connectivity index (χ1v) is 4.43. The van der Waals surface area contributed by atoms with Crippen molar-refractivity contribution < 1.29 is 14.2 Å². The Kier molecular flexibility index (Phi) is 2.11. The predicted octanol–water partition coefficient (Wildman–Crippen LogP) is 1.77. The number of hydrogen-bond donors (Lipinski definition) is 1. The van der Waals surface area contributed by atoms with E-state index in [9.17, 15) is 0 Å². The van der Waals surface area contributed by atoms with Crippen molar-refractivity contribution in [2.45, 2.75) is 6.92 Å². The molecule has 14 heavy (non-hydrogen) atoms. The number of aryl methyl sites for hydroxylation is 1. The fraction of sp³-hybridized carbons (Fsp3) is 0.400. The highest BCUT2D eigenvalue weighted by Crippen LogP contribution is 2.46. The molecule has 1 aromatic carbocycles. The molecule has 0 spiro atoms. The lowest BCUT2D eigenvalue weighted by Crippen LogP contribution is -1.97. The summed E-state index contributed by atoms with van der Waals surface area (Å²) in [4.78, 5) is 0. The second-order valence-electron chi connectivity index (χ2n) is 3.09. The normalized spacial score (nSPS) is 12.8. The van der Waals surface area contributed by atoms with Gasteiger partial charge in [-0.1, -0.05) is 0 Å². The van der Waals surface area contributed by atoms with Gasteiger partial charge < -0.3 is 19.5 Å². The highest BCUT2D eigenvalue weighted by Gasteiger charge is 2.23. The predicted molar refractivity (Wildman–Crippen MR) is 53.4 cm³/mol. The summed E-state index contributed by atoms with van der Waals surface area (Å²) in [7, 11) is 3.47. The quantitative estimate of drug-likeness (QED) is 0.780. The monoisotopic (exact) mass is 195 g/mol. The molecular formula is C10H13NO3. The van der Waals surface area contributed by atoms with Crippen LogP contribution in [0, 0.1) is 6.92 Å². The van der Waals surface area contributed by atoms with Crippen LogP contribution in [0.2, 0.25) is 0 Å². The minimum Gasteiger partial charge on any atom is -0.494 e. The molecule has 4 nitrogen and oxygen atoms in total. The molecule has 0 amide bonds. The van der Waals surface area contributed by atoms with Crippen LogP contribution in [0.25, 0.3) is 0 Å². The highest BCUT2D eigenvalue weighted by atomic mass is 16.7. The zero-order chi connectivity index (χ0) is 10.1. The van der Waals surface area contributed by atoms with Gasteiger partial charge in [0.1, 0.15) is 11.4 Å². The lowest BCUT2D eigenvalue weighted by molar-refractivity contribution is 0.174. The van der Waals surface area contributed by atoms with Gasteiger partial charge in [-0.2, -0.15) is 0 Å². The van der Waals surface area contributed by atoms with Crippen molar-refractivity contribution in [1.82, 2.24) is 0 Å². The Labute approximate surface area is 82.8 Å². The average molecular weight is 195 g/mol. The summed E-state index contributed by atoms with van der Waals surface area (Å²) in [5.41, 5.74) is 1.86. The fourth-order valence-corrected chi connectivity index (χ4v) is 1.60. The molecule has 1 heterocycles. The van der Waals surface area contributed by atoms with Crippen molar-refractivity contribution in [3.05, 3.63) is 11.6 Å². The van der Waals surface area contributed by atoms with Crippen molar-refractivity contribution in [1.29, 1.82) is 0 Å². The largest absolute Gasteiger partial charge is 0.494 e. The van der Waals surface area contributed by atoms with Crippen molar-refractivity contribution in [3.63, 3.8) is 0 Å². The third-order valence-electron chi connectivity index (χ3n) is 2.26. The Hall–Kier alpha value is -1.58. The molecule has 0 atom stereocenters. The highest BCUT2D eigenvalue weighted by molar-refractivity contribution is 5.73. The molecule has 1 aliphatic heterocycles. The van der Waals surface area contributed by atoms with E-state index < -0.39 is 0 Å². The van der Waals surface area contributed by atoms with Gasteiger partial charge in [0.05, 0.1) is 7.11 Å². The molecule has 0 aliphatic carbocycles. The Balaban J connectivity index is 2.62. The number of hydrogen-bond acceptors (Lipinski definition) is 4. The standard InChI is InChI=1S/C10H13NO3/c1-6-4-7(12-3)8(11-2)10-9(6)13-5-14-10/h4,11H,5H2,1-3H3. The first-order chi connectivity index (χ1) is 6.77. The smallest absolute Gasteiger partial charge is 0.231 e. The molecule has 0 radical (unpaired) electrons. The van der Waals surface area contributed by atoms with Crippen molar-refractivity contribution in [2.75, 3.05) is 26.3 Å². The molecule has 0 unspecified atom stereocenters. The molecule has 0 bridgehead atoms. The van der Waals surface area contributed by atoms with Gasteiger partial charge in [-0.3, -0.25) is 0 Å². The number of ether oxygens (including phenoxy) is 3. The molecule has 76 valence electrons. The molecule has 0 fully saturated rings. The van der Waals surface area contributed by atoms with Crippen LogP contribution in [0.5, 0.6) is 17.2 Å². The minimum absolute atomic E-state index is 0.276. The Morgan fingerprint density at radius 2 is 2.07 bits per heavy atom. The van der Waals surface area contributed by atoms with Crippen LogP contribution in [0.3, 0.4) is 0 Å². The number of methoxy groups -OCH3 is 1. The number of anilines is 1. The van der Waals surface area contributed by atoms with E-state index >= 15 is 0 Å². The first kappa shape index (κ1) is 8.99. The SMILES string of the molecule is CNc1c(OC)cc(C)c2c1OCO2. The van der Waals surface area contributed by atoms with E-state index in [0.29, 0.717) is 0 Å². The summed E-state index contributed by atoms with van der Waals surface area (Å²) in [6.07, 6.45) is 0. The maximum absolute atomic E-state index is 5.38. The van der Waals surface area contributed by atoms with Crippen molar-refractivity contribution in [2.24, 2.45) is 0 Å². The molecule has 2 rings (SSSR count). The van der Waals surface area contributed by atoms with E-state index in [-0.39, 0.29) is 6.79 Å². The average Bonchev–Trinajstić information content (AvgIpc) is 2.66. The summed E-state index contributed by atoms with van der Waals surface area (Å²) in [5, 5.41) is 3.04. The minimum atomic E-state index is 0.276. The van der Waals surface area contributed by atoms with Gasteiger partial charge in [-0.05, 0) is 18.6 Å². The third kappa shape index (κ3) is 1.14. The van der Waals surface area contributed by atoms with E-state index in [4.69, 9.17) is 14.2 Å². The molecule has 0 aromatic heterocycles. The summed E-state index contributed by atoms with van der Waals surface area (Å²) in [6.45, 7) is 2.24. The molecular weight excluding hydrogens is 182 g/mol. The summed E-state index contributed by atoms with van der Waals surface area (Å²) in [5.74, 6) is 2.31. The van der Waals surface area contributed by atoms with Crippen LogP contribution in [-0.2, 0) is 0 Å². The molecule has 4 heteroatoms.